The number of aryl methyl sites for hydroxylation is 2. The zero-order chi connectivity index (χ0) is 15.1. The highest BCUT2D eigenvalue weighted by molar-refractivity contribution is 5.85. The zero-order valence-electron chi connectivity index (χ0n) is 12.4. The largest absolute Gasteiger partial charge is 0.480 e. The van der Waals surface area contributed by atoms with Crippen LogP contribution in [0.5, 0.6) is 0 Å². The first-order valence-electron chi connectivity index (χ1n) is 7.03. The molecule has 0 unspecified atom stereocenters. The van der Waals surface area contributed by atoms with Crippen molar-refractivity contribution in [3.63, 3.8) is 0 Å². The van der Waals surface area contributed by atoms with Gasteiger partial charge in [-0.25, -0.2) is 4.79 Å². The lowest BCUT2D eigenvalue weighted by atomic mass is 9.99. The molecule has 1 aromatic rings. The molecule has 1 atom stereocenters. The summed E-state index contributed by atoms with van der Waals surface area (Å²) in [6.07, 6.45) is 2.41. The van der Waals surface area contributed by atoms with Gasteiger partial charge in [0, 0.05) is 0 Å². The molecular weight excluding hydrogens is 254 g/mol. The summed E-state index contributed by atoms with van der Waals surface area (Å²) >= 11 is 0. The number of amides is 1. The van der Waals surface area contributed by atoms with Gasteiger partial charge in [0.05, 0.1) is 6.42 Å². The summed E-state index contributed by atoms with van der Waals surface area (Å²) in [6.45, 7) is 5.92. The minimum atomic E-state index is -0.965. The Bertz CT molecular complexity index is 462. The molecule has 0 fully saturated rings. The van der Waals surface area contributed by atoms with Crippen LogP contribution >= 0.6 is 0 Å². The van der Waals surface area contributed by atoms with Crippen LogP contribution in [-0.4, -0.2) is 23.0 Å². The third kappa shape index (κ3) is 4.68. The lowest BCUT2D eigenvalue weighted by Gasteiger charge is -2.15. The molecule has 1 rings (SSSR count). The summed E-state index contributed by atoms with van der Waals surface area (Å²) in [5, 5.41) is 11.7. The number of rotatable bonds is 7. The van der Waals surface area contributed by atoms with Crippen LogP contribution in [0.2, 0.25) is 0 Å². The number of hydrogen-bond donors (Lipinski definition) is 2. The number of carboxylic acid groups (broad SMARTS) is 1. The highest BCUT2D eigenvalue weighted by Crippen LogP contribution is 2.14. The number of carbonyl (C=O) groups is 2. The van der Waals surface area contributed by atoms with Gasteiger partial charge in [0.25, 0.3) is 0 Å². The summed E-state index contributed by atoms with van der Waals surface area (Å²) in [7, 11) is 0. The molecule has 0 spiro atoms. The number of aliphatic carboxylic acids is 1. The maximum Gasteiger partial charge on any atom is 0.326 e. The second-order valence-electron chi connectivity index (χ2n) is 5.15. The lowest BCUT2D eigenvalue weighted by molar-refractivity contribution is -0.142. The minimum Gasteiger partial charge on any atom is -0.480 e. The lowest BCUT2D eigenvalue weighted by Crippen LogP contribution is -2.41. The Kier molecular flexibility index (Phi) is 6.22. The predicted molar refractivity (Wildman–Crippen MR) is 78.7 cm³/mol. The Balaban J connectivity index is 2.68. The average Bonchev–Trinajstić information content (AvgIpc) is 2.38. The van der Waals surface area contributed by atoms with Gasteiger partial charge >= 0.3 is 5.97 Å². The molecule has 0 aliphatic heterocycles. The van der Waals surface area contributed by atoms with Gasteiger partial charge in [-0.1, -0.05) is 38.0 Å². The molecule has 20 heavy (non-hydrogen) atoms. The van der Waals surface area contributed by atoms with Crippen molar-refractivity contribution >= 4 is 11.9 Å². The van der Waals surface area contributed by atoms with Crippen LogP contribution in [0.3, 0.4) is 0 Å². The van der Waals surface area contributed by atoms with Crippen molar-refractivity contribution in [1.82, 2.24) is 5.32 Å². The first-order valence-corrected chi connectivity index (χ1v) is 7.03. The van der Waals surface area contributed by atoms with E-state index in [2.05, 4.69) is 5.32 Å². The number of nitrogens with one attached hydrogen (secondary N) is 1. The number of carboxylic acids is 1. The standard InChI is InChI=1S/C16H23NO3/c1-4-5-9-14(16(19)20)17-15(18)10-13-11(2)7-6-8-12(13)3/h6-8,14H,4-5,9-10H2,1-3H3,(H,17,18)(H,19,20)/t14-/m0/s1. The summed E-state index contributed by atoms with van der Waals surface area (Å²) < 4.78 is 0. The fourth-order valence-corrected chi connectivity index (χ4v) is 2.20. The van der Waals surface area contributed by atoms with Crippen LogP contribution in [0.1, 0.15) is 42.9 Å². The molecule has 110 valence electrons. The third-order valence-electron chi connectivity index (χ3n) is 3.46. The van der Waals surface area contributed by atoms with Gasteiger partial charge in [-0.05, 0) is 37.0 Å². The Hall–Kier alpha value is -1.84. The minimum absolute atomic E-state index is 0.231. The van der Waals surface area contributed by atoms with E-state index in [9.17, 15) is 9.59 Å². The first kappa shape index (κ1) is 16.2. The van der Waals surface area contributed by atoms with E-state index in [1.807, 2.05) is 39.0 Å². The topological polar surface area (TPSA) is 66.4 Å². The molecular formula is C16H23NO3. The smallest absolute Gasteiger partial charge is 0.326 e. The fraction of sp³-hybridized carbons (Fsp3) is 0.500. The summed E-state index contributed by atoms with van der Waals surface area (Å²) in [4.78, 5) is 23.1. The Morgan fingerprint density at radius 2 is 1.85 bits per heavy atom. The van der Waals surface area contributed by atoms with Gasteiger partial charge in [-0.2, -0.15) is 0 Å². The number of carbonyl (C=O) groups excluding carboxylic acids is 1. The van der Waals surface area contributed by atoms with E-state index in [0.717, 1.165) is 29.5 Å². The van der Waals surface area contributed by atoms with Crippen LogP contribution < -0.4 is 5.32 Å². The van der Waals surface area contributed by atoms with Crippen LogP contribution in [-0.2, 0) is 16.0 Å². The van der Waals surface area contributed by atoms with Crippen molar-refractivity contribution in [3.05, 3.63) is 34.9 Å². The predicted octanol–water partition coefficient (Wildman–Crippen LogP) is 2.61. The van der Waals surface area contributed by atoms with E-state index >= 15 is 0 Å². The van der Waals surface area contributed by atoms with Crippen LogP contribution in [0.25, 0.3) is 0 Å². The zero-order valence-corrected chi connectivity index (χ0v) is 12.4. The molecule has 0 aliphatic rings. The Labute approximate surface area is 120 Å². The van der Waals surface area contributed by atoms with Crippen LogP contribution in [0, 0.1) is 13.8 Å². The molecule has 0 bridgehead atoms. The van der Waals surface area contributed by atoms with Gasteiger partial charge < -0.3 is 10.4 Å². The van der Waals surface area contributed by atoms with E-state index in [0.29, 0.717) is 6.42 Å². The van der Waals surface area contributed by atoms with Crippen molar-refractivity contribution in [3.8, 4) is 0 Å². The van der Waals surface area contributed by atoms with E-state index in [4.69, 9.17) is 5.11 Å². The molecule has 1 aromatic carbocycles. The highest BCUT2D eigenvalue weighted by atomic mass is 16.4. The van der Waals surface area contributed by atoms with Crippen molar-refractivity contribution in [1.29, 1.82) is 0 Å². The van der Waals surface area contributed by atoms with Gasteiger partial charge in [0.1, 0.15) is 6.04 Å². The molecule has 0 radical (unpaired) electrons. The number of unbranched alkanes of at least 4 members (excludes halogenated alkanes) is 1. The highest BCUT2D eigenvalue weighted by Gasteiger charge is 2.19. The Morgan fingerprint density at radius 3 is 2.35 bits per heavy atom. The van der Waals surface area contributed by atoms with Gasteiger partial charge in [-0.15, -0.1) is 0 Å². The SMILES string of the molecule is CCCC[C@H](NC(=O)Cc1c(C)cccc1C)C(=O)O. The number of benzene rings is 1. The fourth-order valence-electron chi connectivity index (χ4n) is 2.20. The molecule has 4 nitrogen and oxygen atoms in total. The quantitative estimate of drug-likeness (QED) is 0.805. The van der Waals surface area contributed by atoms with Crippen molar-refractivity contribution in [2.75, 3.05) is 0 Å². The summed E-state index contributed by atoms with van der Waals surface area (Å²) in [6, 6.07) is 5.09. The molecule has 2 N–H and O–H groups in total. The van der Waals surface area contributed by atoms with Gasteiger partial charge in [0.15, 0.2) is 0 Å². The third-order valence-corrected chi connectivity index (χ3v) is 3.46. The molecule has 0 saturated heterocycles. The van der Waals surface area contributed by atoms with Crippen molar-refractivity contribution in [2.45, 2.75) is 52.5 Å². The second-order valence-corrected chi connectivity index (χ2v) is 5.15. The molecule has 1 amide bonds. The normalized spacial score (nSPS) is 11.9. The van der Waals surface area contributed by atoms with Gasteiger partial charge in [0.2, 0.25) is 5.91 Å². The van der Waals surface area contributed by atoms with Crippen molar-refractivity contribution < 1.29 is 14.7 Å². The molecule has 0 aromatic heterocycles. The molecule has 0 aliphatic carbocycles. The van der Waals surface area contributed by atoms with E-state index in [1.54, 1.807) is 0 Å². The monoisotopic (exact) mass is 277 g/mol. The van der Waals surface area contributed by atoms with Crippen LogP contribution in [0.4, 0.5) is 0 Å². The number of hydrogen-bond acceptors (Lipinski definition) is 2. The van der Waals surface area contributed by atoms with E-state index < -0.39 is 12.0 Å². The average molecular weight is 277 g/mol. The summed E-state index contributed by atoms with van der Waals surface area (Å²) in [5.41, 5.74) is 3.09. The Morgan fingerprint density at radius 1 is 1.25 bits per heavy atom. The van der Waals surface area contributed by atoms with Crippen molar-refractivity contribution in [2.24, 2.45) is 0 Å². The second kappa shape index (κ2) is 7.68. The maximum absolute atomic E-state index is 12.0. The summed E-state index contributed by atoms with van der Waals surface area (Å²) in [5.74, 6) is -1.20. The molecule has 0 saturated carbocycles. The van der Waals surface area contributed by atoms with E-state index in [1.165, 1.54) is 0 Å². The first-order chi connectivity index (χ1) is 9.45. The molecule has 4 heteroatoms. The maximum atomic E-state index is 12.0. The van der Waals surface area contributed by atoms with Crippen LogP contribution in [0.15, 0.2) is 18.2 Å². The molecule has 0 heterocycles. The van der Waals surface area contributed by atoms with Gasteiger partial charge in [-0.3, -0.25) is 4.79 Å². The van der Waals surface area contributed by atoms with E-state index in [-0.39, 0.29) is 12.3 Å².